The van der Waals surface area contributed by atoms with Gasteiger partial charge in [0.2, 0.25) is 12.5 Å². The maximum Gasteiger partial charge on any atom is 0.415 e. The molecule has 0 spiro atoms. The Morgan fingerprint density at radius 3 is 2.73 bits per heavy atom. The van der Waals surface area contributed by atoms with Gasteiger partial charge in [0.1, 0.15) is 0 Å². The van der Waals surface area contributed by atoms with Crippen molar-refractivity contribution in [2.75, 3.05) is 9.80 Å². The zero-order valence-electron chi connectivity index (χ0n) is 12.2. The summed E-state index contributed by atoms with van der Waals surface area (Å²) in [5.74, 6) is -1.16. The first-order valence-corrected chi connectivity index (χ1v) is 7.03. The third kappa shape index (κ3) is 2.01. The van der Waals surface area contributed by atoms with Crippen LogP contribution < -0.4 is 9.80 Å². The normalized spacial score (nSPS) is 26.8. The van der Waals surface area contributed by atoms with E-state index in [2.05, 4.69) is 0 Å². The number of carboxylic acid groups (broad SMARTS) is 1. The number of rotatable bonds is 3. The van der Waals surface area contributed by atoms with Crippen molar-refractivity contribution in [3.8, 4) is 0 Å². The summed E-state index contributed by atoms with van der Waals surface area (Å²) < 4.78 is 4.91. The number of amides is 2. The van der Waals surface area contributed by atoms with Crippen molar-refractivity contribution in [1.29, 1.82) is 0 Å². The number of benzene rings is 1. The third-order valence-corrected chi connectivity index (χ3v) is 4.24. The predicted octanol–water partition coefficient (Wildman–Crippen LogP) is 1.39. The Balaban J connectivity index is 1.94. The molecular formula is C15H16N2O5. The lowest BCUT2D eigenvalue weighted by Gasteiger charge is -2.20. The first-order chi connectivity index (χ1) is 10.4. The lowest BCUT2D eigenvalue weighted by atomic mass is 10.1. The Kier molecular flexibility index (Phi) is 3.27. The fourth-order valence-electron chi connectivity index (χ4n) is 3.11. The Bertz CT molecular complexity index is 659. The largest absolute Gasteiger partial charge is 0.478 e. The van der Waals surface area contributed by atoms with E-state index in [1.54, 1.807) is 24.0 Å². The van der Waals surface area contributed by atoms with E-state index in [-0.39, 0.29) is 6.04 Å². The zero-order chi connectivity index (χ0) is 16.0. The van der Waals surface area contributed by atoms with Crippen LogP contribution in [0.5, 0.6) is 0 Å². The standard InChI is InChI=1S/C15H16N2O5/c1-8-5-10-6-11(3-4-12(10)16(8)7-18)17-9(2)13(14(19)20)22-15(17)21/h3-4,6-9,13H,5H2,1-2H3,(H,19,20)/t8-,9?,13-/m1/s1. The Morgan fingerprint density at radius 1 is 1.41 bits per heavy atom. The summed E-state index contributed by atoms with van der Waals surface area (Å²) in [5.41, 5.74) is 2.36. The van der Waals surface area contributed by atoms with Crippen molar-refractivity contribution >= 4 is 29.8 Å². The number of hydrogen-bond donors (Lipinski definition) is 1. The highest BCUT2D eigenvalue weighted by Crippen LogP contribution is 2.36. The Morgan fingerprint density at radius 2 is 2.14 bits per heavy atom. The molecule has 3 atom stereocenters. The lowest BCUT2D eigenvalue weighted by Crippen LogP contribution is -2.37. The maximum atomic E-state index is 12.0. The van der Waals surface area contributed by atoms with Gasteiger partial charge in [-0.05, 0) is 44.0 Å². The van der Waals surface area contributed by atoms with E-state index < -0.39 is 24.2 Å². The second kappa shape index (κ2) is 5.01. The van der Waals surface area contributed by atoms with Crippen LogP contribution in [0.25, 0.3) is 0 Å². The number of carbonyl (C=O) groups is 3. The molecule has 1 aromatic carbocycles. The summed E-state index contributed by atoms with van der Waals surface area (Å²) in [6.45, 7) is 3.58. The first-order valence-electron chi connectivity index (χ1n) is 7.03. The summed E-state index contributed by atoms with van der Waals surface area (Å²) >= 11 is 0. The molecule has 0 aliphatic carbocycles. The second-order valence-corrected chi connectivity index (χ2v) is 5.63. The molecule has 7 nitrogen and oxygen atoms in total. The number of fused-ring (bicyclic) bond motifs is 1. The number of hydrogen-bond acceptors (Lipinski definition) is 4. The second-order valence-electron chi connectivity index (χ2n) is 5.63. The summed E-state index contributed by atoms with van der Waals surface area (Å²) in [6, 6.07) is 4.77. The predicted molar refractivity (Wildman–Crippen MR) is 78.0 cm³/mol. The molecular weight excluding hydrogens is 288 g/mol. The van der Waals surface area contributed by atoms with Crippen molar-refractivity contribution in [3.05, 3.63) is 23.8 Å². The van der Waals surface area contributed by atoms with Gasteiger partial charge in [-0.2, -0.15) is 0 Å². The molecule has 2 aliphatic heterocycles. The molecule has 0 aromatic heterocycles. The molecule has 1 unspecified atom stereocenters. The summed E-state index contributed by atoms with van der Waals surface area (Å²) in [4.78, 5) is 37.2. The SMILES string of the molecule is CC1[C@H](C(=O)O)OC(=O)N1c1ccc2c(c1)C[C@@H](C)N2C=O. The van der Waals surface area contributed by atoms with Crippen LogP contribution in [0.3, 0.4) is 0 Å². The number of carbonyl (C=O) groups excluding carboxylic acids is 2. The molecule has 0 radical (unpaired) electrons. The molecule has 0 bridgehead atoms. The van der Waals surface area contributed by atoms with Crippen molar-refractivity contribution in [2.45, 2.75) is 38.5 Å². The zero-order valence-corrected chi connectivity index (χ0v) is 12.2. The van der Waals surface area contributed by atoms with Gasteiger partial charge in [-0.1, -0.05) is 0 Å². The van der Waals surface area contributed by atoms with Gasteiger partial charge in [-0.15, -0.1) is 0 Å². The number of cyclic esters (lactones) is 1. The monoisotopic (exact) mass is 304 g/mol. The van der Waals surface area contributed by atoms with Crippen molar-refractivity contribution in [1.82, 2.24) is 0 Å². The van der Waals surface area contributed by atoms with E-state index in [0.717, 1.165) is 17.7 Å². The Hall–Kier alpha value is -2.57. The van der Waals surface area contributed by atoms with E-state index in [4.69, 9.17) is 9.84 Å². The van der Waals surface area contributed by atoms with E-state index in [9.17, 15) is 14.4 Å². The fraction of sp³-hybridized carbons (Fsp3) is 0.400. The van der Waals surface area contributed by atoms with E-state index >= 15 is 0 Å². The Labute approximate surface area is 127 Å². The molecule has 2 heterocycles. The highest BCUT2D eigenvalue weighted by atomic mass is 16.6. The number of ether oxygens (including phenoxy) is 1. The highest BCUT2D eigenvalue weighted by Gasteiger charge is 2.44. The maximum absolute atomic E-state index is 12.0. The van der Waals surface area contributed by atoms with Crippen molar-refractivity contribution < 1.29 is 24.2 Å². The average molecular weight is 304 g/mol. The number of nitrogens with zero attached hydrogens (tertiary/aromatic N) is 2. The van der Waals surface area contributed by atoms with E-state index in [1.807, 2.05) is 13.0 Å². The fourth-order valence-corrected chi connectivity index (χ4v) is 3.11. The van der Waals surface area contributed by atoms with Crippen LogP contribution in [0.2, 0.25) is 0 Å². The van der Waals surface area contributed by atoms with Gasteiger partial charge in [0.25, 0.3) is 0 Å². The first kappa shape index (κ1) is 14.4. The van der Waals surface area contributed by atoms with Crippen LogP contribution in [-0.4, -0.2) is 41.8 Å². The van der Waals surface area contributed by atoms with Gasteiger partial charge in [0.15, 0.2) is 0 Å². The minimum atomic E-state index is -1.17. The lowest BCUT2D eigenvalue weighted by molar-refractivity contribution is -0.145. The van der Waals surface area contributed by atoms with Crippen LogP contribution in [-0.2, 0) is 20.7 Å². The molecule has 1 fully saturated rings. The van der Waals surface area contributed by atoms with Crippen molar-refractivity contribution in [3.63, 3.8) is 0 Å². The topological polar surface area (TPSA) is 87.2 Å². The average Bonchev–Trinajstić information content (AvgIpc) is 2.93. The van der Waals surface area contributed by atoms with Crippen molar-refractivity contribution in [2.24, 2.45) is 0 Å². The molecule has 1 N–H and O–H groups in total. The van der Waals surface area contributed by atoms with Gasteiger partial charge >= 0.3 is 12.1 Å². The molecule has 22 heavy (non-hydrogen) atoms. The molecule has 2 aliphatic rings. The quantitative estimate of drug-likeness (QED) is 0.853. The number of anilines is 2. The van der Waals surface area contributed by atoms with Crippen LogP contribution in [0, 0.1) is 0 Å². The van der Waals surface area contributed by atoms with Crippen LogP contribution in [0.15, 0.2) is 18.2 Å². The molecule has 116 valence electrons. The molecule has 7 heteroatoms. The molecule has 1 saturated heterocycles. The highest BCUT2D eigenvalue weighted by molar-refractivity contribution is 5.95. The summed E-state index contributed by atoms with van der Waals surface area (Å²) in [6.07, 6.45) is -0.352. The molecule has 1 aromatic rings. The van der Waals surface area contributed by atoms with Gasteiger partial charge in [0.05, 0.1) is 6.04 Å². The summed E-state index contributed by atoms with van der Waals surface area (Å²) in [7, 11) is 0. The van der Waals surface area contributed by atoms with E-state index in [0.29, 0.717) is 12.1 Å². The minimum Gasteiger partial charge on any atom is -0.478 e. The van der Waals surface area contributed by atoms with Gasteiger partial charge < -0.3 is 14.7 Å². The number of aliphatic carboxylic acids is 1. The molecule has 3 rings (SSSR count). The molecule has 0 saturated carbocycles. The van der Waals surface area contributed by atoms with Gasteiger partial charge in [-0.3, -0.25) is 9.69 Å². The van der Waals surface area contributed by atoms with Gasteiger partial charge in [0, 0.05) is 17.4 Å². The van der Waals surface area contributed by atoms with Gasteiger partial charge in [-0.25, -0.2) is 9.59 Å². The molecule has 2 amide bonds. The minimum absolute atomic E-state index is 0.0671. The van der Waals surface area contributed by atoms with Crippen LogP contribution in [0.4, 0.5) is 16.2 Å². The summed E-state index contributed by atoms with van der Waals surface area (Å²) in [5, 5.41) is 9.07. The van der Waals surface area contributed by atoms with E-state index in [1.165, 1.54) is 4.90 Å². The van der Waals surface area contributed by atoms with Crippen LogP contribution >= 0.6 is 0 Å². The van der Waals surface area contributed by atoms with Crippen LogP contribution in [0.1, 0.15) is 19.4 Å². The smallest absolute Gasteiger partial charge is 0.415 e. The third-order valence-electron chi connectivity index (χ3n) is 4.24. The number of carboxylic acids is 1.